The second-order valence-electron chi connectivity index (χ2n) is 5.74. The van der Waals surface area contributed by atoms with Crippen LogP contribution < -0.4 is 5.32 Å². The highest BCUT2D eigenvalue weighted by molar-refractivity contribution is 7.97. The molecule has 0 saturated heterocycles. The monoisotopic (exact) mass is 383 g/mol. The van der Waals surface area contributed by atoms with Gasteiger partial charge in [0, 0.05) is 11.4 Å². The number of anilines is 1. The topological polar surface area (TPSA) is 99.8 Å². The zero-order chi connectivity index (χ0) is 19.2. The highest BCUT2D eigenvalue weighted by atomic mass is 32.2. The fourth-order valence-electron chi connectivity index (χ4n) is 2.40. The average Bonchev–Trinajstić information content (AvgIpc) is 3.13. The first-order chi connectivity index (χ1) is 13.0. The zero-order valence-electron chi connectivity index (χ0n) is 14.2. The summed E-state index contributed by atoms with van der Waals surface area (Å²) in [6, 6.07) is 17.2. The lowest BCUT2D eigenvalue weighted by Crippen LogP contribution is -2.11. The van der Waals surface area contributed by atoms with Gasteiger partial charge in [0.1, 0.15) is 17.1 Å². The van der Waals surface area contributed by atoms with Crippen LogP contribution in [-0.2, 0) is 11.5 Å². The first kappa shape index (κ1) is 18.6. The average molecular weight is 383 g/mol. The van der Waals surface area contributed by atoms with Crippen molar-refractivity contribution in [2.45, 2.75) is 11.5 Å². The summed E-state index contributed by atoms with van der Waals surface area (Å²) in [7, 11) is 0. The van der Waals surface area contributed by atoms with E-state index in [2.05, 4.69) is 17.4 Å². The number of rotatable bonds is 7. The van der Waals surface area contributed by atoms with Crippen molar-refractivity contribution in [3.05, 3.63) is 83.3 Å². The minimum atomic E-state index is -1.28. The molecule has 0 aliphatic carbocycles. The molecule has 138 valence electrons. The van der Waals surface area contributed by atoms with Gasteiger partial charge in [-0.2, -0.15) is 0 Å². The van der Waals surface area contributed by atoms with Gasteiger partial charge < -0.3 is 19.9 Å². The summed E-state index contributed by atoms with van der Waals surface area (Å²) < 4.78 is 5.56. The van der Waals surface area contributed by atoms with Crippen LogP contribution in [0.4, 0.5) is 5.69 Å². The van der Waals surface area contributed by atoms with Gasteiger partial charge in [0.25, 0.3) is 5.91 Å². The minimum absolute atomic E-state index is 0.135. The molecule has 3 aromatic rings. The second kappa shape index (κ2) is 8.46. The summed E-state index contributed by atoms with van der Waals surface area (Å²) in [5, 5.41) is 21.1. The molecular formula is C20H17NO5S. The number of aromatic carboxylic acids is 1. The molecule has 0 radical (unpaired) electrons. The van der Waals surface area contributed by atoms with Gasteiger partial charge in [-0.15, -0.1) is 11.8 Å². The highest BCUT2D eigenvalue weighted by Crippen LogP contribution is 2.23. The molecule has 0 aliphatic rings. The Labute approximate surface area is 159 Å². The molecule has 1 aromatic heterocycles. The van der Waals surface area contributed by atoms with Crippen LogP contribution in [0.3, 0.4) is 0 Å². The Kier molecular flexibility index (Phi) is 5.83. The Morgan fingerprint density at radius 1 is 1.00 bits per heavy atom. The standard InChI is InChI=1S/C20H17NO5S/c22-17-8-6-14(10-16(17)20(24)25)21-19(23)18-9-7-15(26-18)12-27-11-13-4-2-1-3-5-13/h1-10,22H,11-12H2,(H,21,23)(H,24,25). The predicted octanol–water partition coefficient (Wildman–Crippen LogP) is 4.37. The molecule has 0 atom stereocenters. The van der Waals surface area contributed by atoms with Crippen molar-refractivity contribution in [2.75, 3.05) is 5.32 Å². The van der Waals surface area contributed by atoms with Crippen molar-refractivity contribution in [1.82, 2.24) is 0 Å². The van der Waals surface area contributed by atoms with Crippen LogP contribution in [0.5, 0.6) is 5.75 Å². The van der Waals surface area contributed by atoms with E-state index in [0.29, 0.717) is 11.5 Å². The molecule has 6 nitrogen and oxygen atoms in total. The number of nitrogens with one attached hydrogen (secondary N) is 1. The van der Waals surface area contributed by atoms with E-state index in [1.807, 2.05) is 18.2 Å². The molecule has 1 heterocycles. The first-order valence-corrected chi connectivity index (χ1v) is 9.26. The molecule has 2 aromatic carbocycles. The SMILES string of the molecule is O=C(Nc1ccc(O)c(C(=O)O)c1)c1ccc(CSCc2ccccc2)o1. The quantitative estimate of drug-likeness (QED) is 0.524. The first-order valence-electron chi connectivity index (χ1n) is 8.11. The molecule has 27 heavy (non-hydrogen) atoms. The zero-order valence-corrected chi connectivity index (χ0v) is 15.0. The van der Waals surface area contributed by atoms with E-state index in [0.717, 1.165) is 5.75 Å². The largest absolute Gasteiger partial charge is 0.507 e. The molecule has 0 unspecified atom stereocenters. The number of benzene rings is 2. The third-order valence-corrected chi connectivity index (χ3v) is 4.75. The number of aromatic hydroxyl groups is 1. The molecule has 0 fully saturated rings. The van der Waals surface area contributed by atoms with Crippen LogP contribution in [0.2, 0.25) is 0 Å². The number of phenols is 1. The van der Waals surface area contributed by atoms with E-state index in [1.165, 1.54) is 23.8 Å². The van der Waals surface area contributed by atoms with Crippen LogP contribution in [0.1, 0.15) is 32.2 Å². The third-order valence-electron chi connectivity index (χ3n) is 3.73. The highest BCUT2D eigenvalue weighted by Gasteiger charge is 2.15. The van der Waals surface area contributed by atoms with Crippen LogP contribution in [0, 0.1) is 0 Å². The van der Waals surface area contributed by atoms with E-state index in [1.54, 1.807) is 23.9 Å². The second-order valence-corrected chi connectivity index (χ2v) is 6.72. The van der Waals surface area contributed by atoms with Gasteiger partial charge in [-0.25, -0.2) is 4.79 Å². The number of carboxylic acid groups (broad SMARTS) is 1. The van der Waals surface area contributed by atoms with E-state index in [4.69, 9.17) is 9.52 Å². The number of carbonyl (C=O) groups excluding carboxylic acids is 1. The predicted molar refractivity (Wildman–Crippen MR) is 103 cm³/mol. The number of amides is 1. The number of furan rings is 1. The molecule has 3 rings (SSSR count). The summed E-state index contributed by atoms with van der Waals surface area (Å²) in [6.07, 6.45) is 0. The Morgan fingerprint density at radius 3 is 2.52 bits per heavy atom. The van der Waals surface area contributed by atoms with E-state index in [9.17, 15) is 14.7 Å². The molecule has 0 saturated carbocycles. The van der Waals surface area contributed by atoms with Crippen LogP contribution in [0.15, 0.2) is 65.1 Å². The normalized spacial score (nSPS) is 10.5. The van der Waals surface area contributed by atoms with Gasteiger partial charge in [-0.05, 0) is 35.9 Å². The molecule has 1 amide bonds. The lowest BCUT2D eigenvalue weighted by Gasteiger charge is -2.06. The maximum absolute atomic E-state index is 12.3. The summed E-state index contributed by atoms with van der Waals surface area (Å²) >= 11 is 1.68. The molecular weight excluding hydrogens is 366 g/mol. The molecule has 0 bridgehead atoms. The number of hydrogen-bond donors (Lipinski definition) is 3. The summed E-state index contributed by atoms with van der Waals surface area (Å²) in [6.45, 7) is 0. The lowest BCUT2D eigenvalue weighted by molar-refractivity contribution is 0.0693. The Morgan fingerprint density at radius 2 is 1.78 bits per heavy atom. The van der Waals surface area contributed by atoms with Crippen molar-refractivity contribution >= 4 is 29.3 Å². The number of thioether (sulfide) groups is 1. The van der Waals surface area contributed by atoms with Crippen LogP contribution in [-0.4, -0.2) is 22.1 Å². The van der Waals surface area contributed by atoms with Crippen LogP contribution in [0.25, 0.3) is 0 Å². The van der Waals surface area contributed by atoms with Crippen molar-refractivity contribution in [2.24, 2.45) is 0 Å². The van der Waals surface area contributed by atoms with Gasteiger partial charge in [0.2, 0.25) is 0 Å². The Balaban J connectivity index is 1.58. The van der Waals surface area contributed by atoms with Gasteiger partial charge in [-0.1, -0.05) is 30.3 Å². The van der Waals surface area contributed by atoms with E-state index < -0.39 is 11.9 Å². The van der Waals surface area contributed by atoms with Crippen molar-refractivity contribution in [3.8, 4) is 5.75 Å². The van der Waals surface area contributed by atoms with Gasteiger partial charge in [0.05, 0.1) is 5.75 Å². The van der Waals surface area contributed by atoms with E-state index >= 15 is 0 Å². The lowest BCUT2D eigenvalue weighted by atomic mass is 10.2. The Hall–Kier alpha value is -3.19. The van der Waals surface area contributed by atoms with Gasteiger partial charge in [-0.3, -0.25) is 4.79 Å². The molecule has 3 N–H and O–H groups in total. The van der Waals surface area contributed by atoms with Crippen LogP contribution >= 0.6 is 11.8 Å². The smallest absolute Gasteiger partial charge is 0.339 e. The maximum Gasteiger partial charge on any atom is 0.339 e. The Bertz CT molecular complexity index is 952. The molecule has 7 heteroatoms. The van der Waals surface area contributed by atoms with Gasteiger partial charge in [0.15, 0.2) is 5.76 Å². The fraction of sp³-hybridized carbons (Fsp3) is 0.100. The summed E-state index contributed by atoms with van der Waals surface area (Å²) in [4.78, 5) is 23.3. The summed E-state index contributed by atoms with van der Waals surface area (Å²) in [5.41, 5.74) is 1.19. The van der Waals surface area contributed by atoms with Crippen molar-refractivity contribution in [1.29, 1.82) is 0 Å². The molecule has 0 aliphatic heterocycles. The van der Waals surface area contributed by atoms with E-state index in [-0.39, 0.29) is 22.8 Å². The maximum atomic E-state index is 12.3. The number of hydrogen-bond acceptors (Lipinski definition) is 5. The summed E-state index contributed by atoms with van der Waals surface area (Å²) in [5.74, 6) is 0.152. The number of carbonyl (C=O) groups is 2. The fourth-order valence-corrected chi connectivity index (χ4v) is 3.29. The minimum Gasteiger partial charge on any atom is -0.507 e. The molecule has 0 spiro atoms. The number of carboxylic acids is 1. The van der Waals surface area contributed by atoms with Crippen molar-refractivity contribution < 1.29 is 24.2 Å². The van der Waals surface area contributed by atoms with Gasteiger partial charge >= 0.3 is 5.97 Å². The van der Waals surface area contributed by atoms with Crippen molar-refractivity contribution in [3.63, 3.8) is 0 Å². The third kappa shape index (κ3) is 4.92.